The number of carbonyl (C=O) groups excluding carboxylic acids is 1. The molecule has 1 aromatic carbocycles. The van der Waals surface area contributed by atoms with Crippen LogP contribution < -0.4 is 26.8 Å². The molecular weight excluding hydrogens is 587 g/mol. The predicted molar refractivity (Wildman–Crippen MR) is 154 cm³/mol. The van der Waals surface area contributed by atoms with E-state index in [9.17, 15) is 18.9 Å². The molecule has 3 aromatic rings. The summed E-state index contributed by atoms with van der Waals surface area (Å²) in [7, 11) is -3.64. The molecule has 9 N–H and O–H groups in total. The van der Waals surface area contributed by atoms with Gasteiger partial charge in [0, 0.05) is 0 Å². The fraction of sp³-hybridized carbons (Fsp3) is 0.360. The number of hydrogen-bond donors (Lipinski definition) is 6. The SMILES string of the molecule is CC(C)OC(=O)[C@H](C)N[P@](=O)(CO[C@H](C)Cn1cnc2c(N)ncnc21)Oc1ccccc1.N/C(C(=O)O)=C(/N)C(=O)O. The molecule has 3 rings (SSSR count). The van der Waals surface area contributed by atoms with Gasteiger partial charge in [-0.1, -0.05) is 18.2 Å². The molecule has 0 aliphatic rings. The predicted octanol–water partition coefficient (Wildman–Crippen LogP) is 1.26. The standard InChI is InChI=1S/C21H29N6O5P.C4H6N2O4/c1-14(2)31-21(28)16(4)26-33(29,32-17-8-6-5-7-9-17)13-30-15(3)10-27-12-25-18-19(22)23-11-24-20(18)27;5-1(3(7)8)2(6)4(9)10/h5-9,11-12,14-16H,10,13H2,1-4H3,(H,26,29)(H2,22,23,24);5-6H2,(H,7,8)(H,9,10)/b;2-1+/t15-,16+,33+;/m1./s1. The molecule has 0 unspecified atom stereocenters. The van der Waals surface area contributed by atoms with E-state index in [4.69, 9.17) is 41.4 Å². The van der Waals surface area contributed by atoms with Crippen molar-refractivity contribution in [3.05, 3.63) is 54.4 Å². The largest absolute Gasteiger partial charge is 0.477 e. The van der Waals surface area contributed by atoms with Crippen LogP contribution in [-0.2, 0) is 35.0 Å². The zero-order chi connectivity index (χ0) is 32.3. The molecule has 0 aliphatic heterocycles. The maximum absolute atomic E-state index is 13.6. The number of hydrogen-bond acceptors (Lipinski definition) is 13. The second-order valence-electron chi connectivity index (χ2n) is 9.29. The molecule has 0 radical (unpaired) electrons. The summed E-state index contributed by atoms with van der Waals surface area (Å²) in [4.78, 5) is 44.5. The topological polar surface area (TPSA) is 270 Å². The highest BCUT2D eigenvalue weighted by molar-refractivity contribution is 7.57. The zero-order valence-corrected chi connectivity index (χ0v) is 24.8. The average Bonchev–Trinajstić information content (AvgIpc) is 3.35. The van der Waals surface area contributed by atoms with E-state index in [1.807, 2.05) is 13.0 Å². The van der Waals surface area contributed by atoms with Crippen molar-refractivity contribution in [2.45, 2.75) is 52.5 Å². The first kappa shape index (κ1) is 34.5. The van der Waals surface area contributed by atoms with Crippen molar-refractivity contribution in [3.63, 3.8) is 0 Å². The van der Waals surface area contributed by atoms with Gasteiger partial charge < -0.3 is 46.0 Å². The zero-order valence-electron chi connectivity index (χ0n) is 23.9. The lowest BCUT2D eigenvalue weighted by Crippen LogP contribution is -2.37. The summed E-state index contributed by atoms with van der Waals surface area (Å²) >= 11 is 0. The number of benzene rings is 1. The lowest BCUT2D eigenvalue weighted by Gasteiger charge is -2.25. The number of nitrogen functional groups attached to an aromatic ring is 1. The van der Waals surface area contributed by atoms with Gasteiger partial charge in [-0.2, -0.15) is 0 Å². The first-order chi connectivity index (χ1) is 20.1. The Labute approximate surface area is 246 Å². The molecule has 0 fully saturated rings. The number of carboxylic acids is 2. The van der Waals surface area contributed by atoms with Crippen molar-refractivity contribution in [1.82, 2.24) is 24.6 Å². The third kappa shape index (κ3) is 10.6. The minimum absolute atomic E-state index is 0.272. The number of ether oxygens (including phenoxy) is 2. The Bertz CT molecular complexity index is 1470. The van der Waals surface area contributed by atoms with Gasteiger partial charge in [-0.3, -0.25) is 9.36 Å². The quantitative estimate of drug-likeness (QED) is 0.0889. The number of para-hydroxylation sites is 1. The summed E-state index contributed by atoms with van der Waals surface area (Å²) in [6.45, 7) is 7.25. The summed E-state index contributed by atoms with van der Waals surface area (Å²) < 4.78 is 32.2. The molecule has 18 heteroatoms. The van der Waals surface area contributed by atoms with Crippen molar-refractivity contribution >= 4 is 42.4 Å². The molecule has 0 bridgehead atoms. The lowest BCUT2D eigenvalue weighted by molar-refractivity contribution is -0.149. The van der Waals surface area contributed by atoms with E-state index >= 15 is 0 Å². The Morgan fingerprint density at radius 2 is 1.60 bits per heavy atom. The number of fused-ring (bicyclic) bond motifs is 1. The molecule has 0 amide bonds. The Balaban J connectivity index is 0.000000553. The molecule has 17 nitrogen and oxygen atoms in total. The van der Waals surface area contributed by atoms with Crippen molar-refractivity contribution in [2.24, 2.45) is 11.5 Å². The van der Waals surface area contributed by atoms with E-state index in [0.717, 1.165) is 0 Å². The van der Waals surface area contributed by atoms with Crippen molar-refractivity contribution < 1.29 is 43.2 Å². The highest BCUT2D eigenvalue weighted by atomic mass is 31.2. The van der Waals surface area contributed by atoms with Crippen LogP contribution in [0.4, 0.5) is 5.82 Å². The van der Waals surface area contributed by atoms with Crippen LogP contribution in [0.3, 0.4) is 0 Å². The lowest BCUT2D eigenvalue weighted by atomic mass is 10.3. The van der Waals surface area contributed by atoms with Crippen LogP contribution in [0.1, 0.15) is 27.7 Å². The number of anilines is 1. The minimum Gasteiger partial charge on any atom is -0.477 e. The summed E-state index contributed by atoms with van der Waals surface area (Å²) in [6.07, 6.45) is 2.01. The number of rotatable bonds is 13. The van der Waals surface area contributed by atoms with E-state index < -0.39 is 42.9 Å². The monoisotopic (exact) mass is 622 g/mol. The van der Waals surface area contributed by atoms with E-state index in [-0.39, 0.29) is 18.6 Å². The summed E-state index contributed by atoms with van der Waals surface area (Å²) in [5.41, 5.74) is 14.7. The summed E-state index contributed by atoms with van der Waals surface area (Å²) in [6, 6.07) is 7.83. The van der Waals surface area contributed by atoms with Crippen LogP contribution in [0.2, 0.25) is 0 Å². The fourth-order valence-corrected chi connectivity index (χ4v) is 5.03. The van der Waals surface area contributed by atoms with Crippen molar-refractivity contribution in [3.8, 4) is 5.75 Å². The van der Waals surface area contributed by atoms with Crippen LogP contribution >= 0.6 is 7.52 Å². The Kier molecular flexibility index (Phi) is 12.4. The van der Waals surface area contributed by atoms with Crippen LogP contribution in [0.15, 0.2) is 54.4 Å². The van der Waals surface area contributed by atoms with Gasteiger partial charge in [-0.15, -0.1) is 0 Å². The molecule has 0 spiro atoms. The van der Waals surface area contributed by atoms with E-state index in [2.05, 4.69) is 20.0 Å². The van der Waals surface area contributed by atoms with Crippen LogP contribution in [0.25, 0.3) is 11.2 Å². The summed E-state index contributed by atoms with van der Waals surface area (Å²) in [5.74, 6) is -2.93. The molecule has 0 aliphatic carbocycles. The van der Waals surface area contributed by atoms with Gasteiger partial charge in [0.1, 0.15) is 41.4 Å². The third-order valence-corrected chi connectivity index (χ3v) is 7.03. The number of nitrogens with two attached hydrogens (primary N) is 3. The van der Waals surface area contributed by atoms with Gasteiger partial charge in [0.25, 0.3) is 0 Å². The minimum atomic E-state index is -3.64. The average molecular weight is 623 g/mol. The molecule has 0 saturated heterocycles. The second-order valence-corrected chi connectivity index (χ2v) is 11.3. The summed E-state index contributed by atoms with van der Waals surface area (Å²) in [5, 5.41) is 18.9. The number of esters is 1. The highest BCUT2D eigenvalue weighted by Gasteiger charge is 2.32. The van der Waals surface area contributed by atoms with E-state index in [0.29, 0.717) is 29.3 Å². The van der Waals surface area contributed by atoms with Gasteiger partial charge in [0.2, 0.25) is 0 Å². The maximum Gasteiger partial charge on any atom is 0.354 e. The Morgan fingerprint density at radius 1 is 1.00 bits per heavy atom. The number of imidazole rings is 1. The van der Waals surface area contributed by atoms with Crippen LogP contribution in [-0.4, -0.2) is 72.2 Å². The maximum atomic E-state index is 13.6. The number of carboxylic acid groups (broad SMARTS) is 2. The Morgan fingerprint density at radius 3 is 2.16 bits per heavy atom. The van der Waals surface area contributed by atoms with Crippen LogP contribution in [0, 0.1) is 0 Å². The molecule has 3 atom stereocenters. The fourth-order valence-electron chi connectivity index (χ4n) is 3.24. The van der Waals surface area contributed by atoms with Gasteiger partial charge in [-0.05, 0) is 39.8 Å². The van der Waals surface area contributed by atoms with Crippen molar-refractivity contribution in [1.29, 1.82) is 0 Å². The molecule has 2 aromatic heterocycles. The first-order valence-corrected chi connectivity index (χ1v) is 14.5. The number of aromatic nitrogens is 4. The molecule has 0 saturated carbocycles. The normalized spacial score (nSPS) is 14.4. The van der Waals surface area contributed by atoms with Gasteiger partial charge in [-0.25, -0.2) is 29.6 Å². The smallest absolute Gasteiger partial charge is 0.354 e. The third-order valence-electron chi connectivity index (χ3n) is 5.26. The number of aliphatic carboxylic acids is 2. The Hall–Kier alpha value is -4.73. The molecule has 43 heavy (non-hydrogen) atoms. The number of nitrogens with zero attached hydrogens (tertiary/aromatic N) is 4. The van der Waals surface area contributed by atoms with Crippen LogP contribution in [0.5, 0.6) is 5.75 Å². The van der Waals surface area contributed by atoms with Gasteiger partial charge in [0.05, 0.1) is 25.1 Å². The number of nitrogens with one attached hydrogen (secondary N) is 1. The first-order valence-electron chi connectivity index (χ1n) is 12.7. The molecule has 2 heterocycles. The van der Waals surface area contributed by atoms with E-state index in [1.54, 1.807) is 55.9 Å². The second kappa shape index (κ2) is 15.5. The van der Waals surface area contributed by atoms with Gasteiger partial charge >= 0.3 is 25.4 Å². The molecule has 234 valence electrons. The molecular formula is C25H35N8O9P. The van der Waals surface area contributed by atoms with Gasteiger partial charge in [0.15, 0.2) is 11.5 Å². The number of carbonyl (C=O) groups is 3. The van der Waals surface area contributed by atoms with Crippen molar-refractivity contribution in [2.75, 3.05) is 12.1 Å². The highest BCUT2D eigenvalue weighted by Crippen LogP contribution is 2.44. The van der Waals surface area contributed by atoms with E-state index in [1.165, 1.54) is 6.33 Å².